The lowest BCUT2D eigenvalue weighted by atomic mass is 10.1. The van der Waals surface area contributed by atoms with Crippen LogP contribution in [0, 0.1) is 0 Å². The van der Waals surface area contributed by atoms with Crippen LogP contribution in [0.2, 0.25) is 0 Å². The number of carbonyl (C=O) groups excluding carboxylic acids is 2. The van der Waals surface area contributed by atoms with Gasteiger partial charge in [0.1, 0.15) is 6.54 Å². The molecular formula is C18H17N3O4S. The number of amides is 1. The van der Waals surface area contributed by atoms with Crippen molar-refractivity contribution in [2.45, 2.75) is 20.0 Å². The van der Waals surface area contributed by atoms with Crippen molar-refractivity contribution in [1.29, 1.82) is 0 Å². The van der Waals surface area contributed by atoms with Crippen LogP contribution in [0.25, 0.3) is 11.4 Å². The molecule has 3 aromatic rings. The van der Waals surface area contributed by atoms with E-state index in [9.17, 15) is 9.59 Å². The molecule has 0 saturated heterocycles. The maximum Gasteiger partial charge on any atom is 0.325 e. The van der Waals surface area contributed by atoms with Gasteiger partial charge in [0.25, 0.3) is 11.8 Å². The van der Waals surface area contributed by atoms with Gasteiger partial charge in [0.05, 0.1) is 4.88 Å². The third-order valence-corrected chi connectivity index (χ3v) is 4.45. The van der Waals surface area contributed by atoms with Gasteiger partial charge < -0.3 is 14.6 Å². The molecule has 134 valence electrons. The summed E-state index contributed by atoms with van der Waals surface area (Å²) in [5, 5.41) is 8.16. The van der Waals surface area contributed by atoms with Crippen LogP contribution in [0.15, 0.2) is 46.3 Å². The summed E-state index contributed by atoms with van der Waals surface area (Å²) in [6, 6.07) is 11.3. The monoisotopic (exact) mass is 371 g/mol. The number of carbonyl (C=O) groups is 2. The minimum Gasteiger partial charge on any atom is -0.454 e. The molecule has 1 N–H and O–H groups in total. The number of nitrogens with zero attached hydrogens (tertiary/aromatic N) is 2. The third kappa shape index (κ3) is 4.54. The number of esters is 1. The van der Waals surface area contributed by atoms with Crippen molar-refractivity contribution in [3.05, 3.63) is 58.1 Å². The second-order valence-corrected chi connectivity index (χ2v) is 6.33. The fourth-order valence-electron chi connectivity index (χ4n) is 2.16. The predicted octanol–water partition coefficient (Wildman–Crippen LogP) is 2.83. The average molecular weight is 371 g/mol. The first-order valence-electron chi connectivity index (χ1n) is 8.05. The summed E-state index contributed by atoms with van der Waals surface area (Å²) in [6.45, 7) is 1.71. The van der Waals surface area contributed by atoms with E-state index >= 15 is 0 Å². The topological polar surface area (TPSA) is 94.3 Å². The largest absolute Gasteiger partial charge is 0.454 e. The Labute approximate surface area is 154 Å². The molecule has 0 fully saturated rings. The zero-order valence-electron chi connectivity index (χ0n) is 14.1. The summed E-state index contributed by atoms with van der Waals surface area (Å²) in [7, 11) is 0. The van der Waals surface area contributed by atoms with E-state index in [1.165, 1.54) is 16.9 Å². The Hall–Kier alpha value is -3.00. The fourth-order valence-corrected chi connectivity index (χ4v) is 2.80. The number of thiophene rings is 1. The normalized spacial score (nSPS) is 10.5. The molecule has 0 spiro atoms. The summed E-state index contributed by atoms with van der Waals surface area (Å²) in [6.07, 6.45) is 0.955. The lowest BCUT2D eigenvalue weighted by Crippen LogP contribution is -2.30. The van der Waals surface area contributed by atoms with E-state index in [-0.39, 0.29) is 24.9 Å². The highest BCUT2D eigenvalue weighted by molar-refractivity contribution is 7.12. The molecule has 0 aliphatic rings. The number of hydrogen-bond acceptors (Lipinski definition) is 7. The maximum absolute atomic E-state index is 11.7. The van der Waals surface area contributed by atoms with Gasteiger partial charge in [-0.3, -0.25) is 9.59 Å². The van der Waals surface area contributed by atoms with E-state index in [0.717, 1.165) is 12.0 Å². The highest BCUT2D eigenvalue weighted by atomic mass is 32.1. The smallest absolute Gasteiger partial charge is 0.325 e. The Bertz CT molecular complexity index is 872. The average Bonchev–Trinajstić information content (AvgIpc) is 3.36. The van der Waals surface area contributed by atoms with E-state index in [2.05, 4.69) is 22.4 Å². The van der Waals surface area contributed by atoms with Crippen molar-refractivity contribution in [2.24, 2.45) is 0 Å². The molecule has 0 atom stereocenters. The Balaban J connectivity index is 1.48. The summed E-state index contributed by atoms with van der Waals surface area (Å²) in [4.78, 5) is 28.2. The van der Waals surface area contributed by atoms with Crippen LogP contribution >= 0.6 is 11.3 Å². The standard InChI is InChI=1S/C18H17N3O4S/c1-2-12-5-7-13(8-6-12)17-20-15(25-21-17)11-24-16(22)10-19-18(23)14-4-3-9-26-14/h3-9H,2,10-11H2,1H3,(H,19,23). The van der Waals surface area contributed by atoms with Crippen LogP contribution in [-0.2, 0) is 22.6 Å². The molecule has 1 aromatic carbocycles. The lowest BCUT2D eigenvalue weighted by molar-refractivity contribution is -0.144. The van der Waals surface area contributed by atoms with E-state index in [0.29, 0.717) is 10.7 Å². The van der Waals surface area contributed by atoms with E-state index in [1.807, 2.05) is 24.3 Å². The third-order valence-electron chi connectivity index (χ3n) is 3.58. The van der Waals surface area contributed by atoms with Gasteiger partial charge in [-0.25, -0.2) is 0 Å². The molecule has 1 amide bonds. The number of aromatic nitrogens is 2. The molecular weight excluding hydrogens is 354 g/mol. The molecule has 2 heterocycles. The van der Waals surface area contributed by atoms with Crippen molar-refractivity contribution < 1.29 is 18.8 Å². The fraction of sp³-hybridized carbons (Fsp3) is 0.222. The molecule has 0 aliphatic carbocycles. The molecule has 0 unspecified atom stereocenters. The van der Waals surface area contributed by atoms with Gasteiger partial charge in [-0.1, -0.05) is 42.4 Å². The molecule has 0 radical (unpaired) electrons. The highest BCUT2D eigenvalue weighted by Crippen LogP contribution is 2.17. The van der Waals surface area contributed by atoms with E-state index in [4.69, 9.17) is 9.26 Å². The maximum atomic E-state index is 11.7. The van der Waals surface area contributed by atoms with Crippen LogP contribution in [-0.4, -0.2) is 28.6 Å². The number of benzene rings is 1. The van der Waals surface area contributed by atoms with Crippen molar-refractivity contribution >= 4 is 23.2 Å². The number of ether oxygens (including phenoxy) is 1. The SMILES string of the molecule is CCc1ccc(-c2noc(COC(=O)CNC(=O)c3cccs3)n2)cc1. The molecule has 26 heavy (non-hydrogen) atoms. The Morgan fingerprint density at radius 1 is 1.23 bits per heavy atom. The molecule has 3 rings (SSSR count). The van der Waals surface area contributed by atoms with Gasteiger partial charge in [-0.05, 0) is 23.4 Å². The molecule has 7 nitrogen and oxygen atoms in total. The van der Waals surface area contributed by atoms with Crippen molar-refractivity contribution in [1.82, 2.24) is 15.5 Å². The Morgan fingerprint density at radius 3 is 2.73 bits per heavy atom. The first-order valence-corrected chi connectivity index (χ1v) is 8.93. The van der Waals surface area contributed by atoms with Crippen molar-refractivity contribution in [2.75, 3.05) is 6.54 Å². The van der Waals surface area contributed by atoms with E-state index in [1.54, 1.807) is 17.5 Å². The van der Waals surface area contributed by atoms with Gasteiger partial charge in [0, 0.05) is 5.56 Å². The van der Waals surface area contributed by atoms with Crippen LogP contribution in [0.4, 0.5) is 0 Å². The van der Waals surface area contributed by atoms with Gasteiger partial charge in [-0.2, -0.15) is 4.98 Å². The molecule has 8 heteroatoms. The summed E-state index contributed by atoms with van der Waals surface area (Å²) >= 11 is 1.30. The number of rotatable bonds is 7. The first-order chi connectivity index (χ1) is 12.7. The molecule has 2 aromatic heterocycles. The summed E-state index contributed by atoms with van der Waals surface area (Å²) < 4.78 is 10.1. The number of nitrogens with one attached hydrogen (secondary N) is 1. The number of aryl methyl sites for hydroxylation is 1. The zero-order chi connectivity index (χ0) is 18.4. The molecule has 0 saturated carbocycles. The summed E-state index contributed by atoms with van der Waals surface area (Å²) in [5.74, 6) is -0.267. The van der Waals surface area contributed by atoms with Gasteiger partial charge in [-0.15, -0.1) is 11.3 Å². The predicted molar refractivity (Wildman–Crippen MR) is 95.6 cm³/mol. The van der Waals surface area contributed by atoms with Crippen molar-refractivity contribution in [3.8, 4) is 11.4 Å². The van der Waals surface area contributed by atoms with E-state index < -0.39 is 5.97 Å². The summed E-state index contributed by atoms with van der Waals surface area (Å²) in [5.41, 5.74) is 2.04. The van der Waals surface area contributed by atoms with Gasteiger partial charge in [0.2, 0.25) is 5.82 Å². The van der Waals surface area contributed by atoms with Crippen LogP contribution in [0.1, 0.15) is 28.0 Å². The van der Waals surface area contributed by atoms with Crippen LogP contribution in [0.3, 0.4) is 0 Å². The minimum atomic E-state index is -0.582. The molecule has 0 bridgehead atoms. The molecule has 0 aliphatic heterocycles. The highest BCUT2D eigenvalue weighted by Gasteiger charge is 2.13. The second-order valence-electron chi connectivity index (χ2n) is 5.38. The Morgan fingerprint density at radius 2 is 2.04 bits per heavy atom. The second kappa shape index (κ2) is 8.39. The van der Waals surface area contributed by atoms with Gasteiger partial charge >= 0.3 is 5.97 Å². The quantitative estimate of drug-likeness (QED) is 0.642. The number of hydrogen-bond donors (Lipinski definition) is 1. The van der Waals surface area contributed by atoms with Crippen LogP contribution in [0.5, 0.6) is 0 Å². The minimum absolute atomic E-state index is 0.145. The first kappa shape index (κ1) is 17.8. The van der Waals surface area contributed by atoms with Crippen LogP contribution < -0.4 is 5.32 Å². The van der Waals surface area contributed by atoms with Gasteiger partial charge in [0.15, 0.2) is 6.61 Å². The zero-order valence-corrected chi connectivity index (χ0v) is 14.9. The lowest BCUT2D eigenvalue weighted by Gasteiger charge is -2.03. The Kier molecular flexibility index (Phi) is 5.75. The van der Waals surface area contributed by atoms with Crippen molar-refractivity contribution in [3.63, 3.8) is 0 Å².